The minimum Gasteiger partial charge on any atom is -0.381 e. The average molecular weight is 380 g/mol. The van der Waals surface area contributed by atoms with E-state index in [1.165, 1.54) is 0 Å². The molecule has 3 aromatic heterocycles. The van der Waals surface area contributed by atoms with Crippen LogP contribution < -0.4 is 0 Å². The van der Waals surface area contributed by atoms with Crippen LogP contribution in [0.1, 0.15) is 46.3 Å². The van der Waals surface area contributed by atoms with E-state index in [0.717, 1.165) is 37.3 Å². The molecule has 9 nitrogen and oxygen atoms in total. The predicted molar refractivity (Wildman–Crippen MR) is 97.1 cm³/mol. The summed E-state index contributed by atoms with van der Waals surface area (Å²) in [6.07, 6.45) is 3.41. The molecule has 1 fully saturated rings. The molecule has 5 heterocycles. The largest absolute Gasteiger partial charge is 0.381 e. The van der Waals surface area contributed by atoms with Gasteiger partial charge in [-0.25, -0.2) is 0 Å². The number of ether oxygens (including phenoxy) is 1. The van der Waals surface area contributed by atoms with Gasteiger partial charge in [-0.3, -0.25) is 14.5 Å². The normalized spacial score (nSPS) is 17.1. The highest BCUT2D eigenvalue weighted by Crippen LogP contribution is 2.33. The number of carbonyl (C=O) groups excluding carboxylic acids is 1. The van der Waals surface area contributed by atoms with Crippen LogP contribution in [0.5, 0.6) is 0 Å². The van der Waals surface area contributed by atoms with Gasteiger partial charge >= 0.3 is 0 Å². The van der Waals surface area contributed by atoms with Gasteiger partial charge in [0, 0.05) is 37.9 Å². The minimum atomic E-state index is -0.101. The molecule has 5 rings (SSSR count). The third kappa shape index (κ3) is 2.88. The Hall–Kier alpha value is -3.07. The van der Waals surface area contributed by atoms with Crippen LogP contribution in [0.3, 0.4) is 0 Å². The Labute approximate surface area is 161 Å². The maximum absolute atomic E-state index is 12.8. The van der Waals surface area contributed by atoms with Crippen molar-refractivity contribution in [2.24, 2.45) is 7.05 Å². The summed E-state index contributed by atoms with van der Waals surface area (Å²) in [6, 6.07) is 5.33. The van der Waals surface area contributed by atoms with Gasteiger partial charge in [0.25, 0.3) is 11.8 Å². The number of aromatic nitrogens is 5. The average Bonchev–Trinajstić information content (AvgIpc) is 3.46. The number of fused-ring (bicyclic) bond motifs is 1. The van der Waals surface area contributed by atoms with Crippen LogP contribution >= 0.6 is 0 Å². The van der Waals surface area contributed by atoms with E-state index in [1.54, 1.807) is 27.9 Å². The highest BCUT2D eigenvalue weighted by molar-refractivity contribution is 5.92. The van der Waals surface area contributed by atoms with Crippen molar-refractivity contribution in [2.75, 3.05) is 13.2 Å². The van der Waals surface area contributed by atoms with E-state index in [1.807, 2.05) is 13.1 Å². The molecule has 9 heteroatoms. The standard InChI is InChI=1S/C19H20N6O3/c1-24-15-11-25(19(26)14-4-2-3-7-20-14)10-13(15)16(22-24)18-21-17(23-28-18)12-5-8-27-9-6-12/h2-4,7,12H,5-6,8-11H2,1H3. The molecule has 1 amide bonds. The second-order valence-corrected chi connectivity index (χ2v) is 7.12. The van der Waals surface area contributed by atoms with Gasteiger partial charge in [-0.15, -0.1) is 0 Å². The zero-order chi connectivity index (χ0) is 19.1. The topological polar surface area (TPSA) is 99.2 Å². The molecule has 0 saturated carbocycles. The van der Waals surface area contributed by atoms with Crippen molar-refractivity contribution in [1.29, 1.82) is 0 Å². The second kappa shape index (κ2) is 6.83. The molecule has 0 N–H and O–H groups in total. The van der Waals surface area contributed by atoms with Gasteiger partial charge in [-0.1, -0.05) is 11.2 Å². The summed E-state index contributed by atoms with van der Waals surface area (Å²) in [4.78, 5) is 23.3. The van der Waals surface area contributed by atoms with Crippen LogP contribution in [0.4, 0.5) is 0 Å². The monoisotopic (exact) mass is 380 g/mol. The minimum absolute atomic E-state index is 0.101. The molecule has 28 heavy (non-hydrogen) atoms. The van der Waals surface area contributed by atoms with Crippen molar-refractivity contribution in [3.05, 3.63) is 47.2 Å². The van der Waals surface area contributed by atoms with Gasteiger partial charge < -0.3 is 14.2 Å². The maximum Gasteiger partial charge on any atom is 0.278 e. The zero-order valence-corrected chi connectivity index (χ0v) is 15.5. The first-order valence-corrected chi connectivity index (χ1v) is 9.37. The van der Waals surface area contributed by atoms with Gasteiger partial charge in [0.15, 0.2) is 11.5 Å². The number of rotatable bonds is 3. The summed E-state index contributed by atoms with van der Waals surface area (Å²) in [5.74, 6) is 1.27. The van der Waals surface area contributed by atoms with E-state index in [0.29, 0.717) is 36.2 Å². The fourth-order valence-corrected chi connectivity index (χ4v) is 3.81. The van der Waals surface area contributed by atoms with Crippen molar-refractivity contribution in [2.45, 2.75) is 31.8 Å². The Morgan fingerprint density at radius 3 is 2.86 bits per heavy atom. The quantitative estimate of drug-likeness (QED) is 0.684. The Balaban J connectivity index is 1.41. The Morgan fingerprint density at radius 2 is 2.07 bits per heavy atom. The third-order valence-corrected chi connectivity index (χ3v) is 5.37. The Morgan fingerprint density at radius 1 is 1.21 bits per heavy atom. The molecule has 3 aromatic rings. The molecule has 144 valence electrons. The number of hydrogen-bond acceptors (Lipinski definition) is 7. The van der Waals surface area contributed by atoms with Gasteiger partial charge in [-0.2, -0.15) is 10.1 Å². The van der Waals surface area contributed by atoms with Gasteiger partial charge in [0.2, 0.25) is 0 Å². The number of carbonyl (C=O) groups is 1. The molecule has 0 spiro atoms. The van der Waals surface area contributed by atoms with Crippen LogP contribution in [0.2, 0.25) is 0 Å². The lowest BCUT2D eigenvalue weighted by Gasteiger charge is -2.18. The smallest absolute Gasteiger partial charge is 0.278 e. The molecular formula is C19H20N6O3. The fourth-order valence-electron chi connectivity index (χ4n) is 3.81. The lowest BCUT2D eigenvalue weighted by molar-refractivity contribution is 0.0742. The van der Waals surface area contributed by atoms with Crippen LogP contribution in [0.25, 0.3) is 11.6 Å². The van der Waals surface area contributed by atoms with E-state index in [-0.39, 0.29) is 11.8 Å². The summed E-state index contributed by atoms with van der Waals surface area (Å²) in [6.45, 7) is 2.37. The van der Waals surface area contributed by atoms with Crippen molar-refractivity contribution in [1.82, 2.24) is 29.8 Å². The van der Waals surface area contributed by atoms with E-state index >= 15 is 0 Å². The molecule has 0 radical (unpaired) electrons. The van der Waals surface area contributed by atoms with E-state index < -0.39 is 0 Å². The molecular weight excluding hydrogens is 360 g/mol. The number of nitrogens with zero attached hydrogens (tertiary/aromatic N) is 6. The van der Waals surface area contributed by atoms with Crippen LogP contribution in [0.15, 0.2) is 28.9 Å². The van der Waals surface area contributed by atoms with E-state index in [4.69, 9.17) is 9.26 Å². The molecule has 2 aliphatic rings. The maximum atomic E-state index is 12.8. The van der Waals surface area contributed by atoms with Crippen LogP contribution in [0, 0.1) is 0 Å². The SMILES string of the molecule is Cn1nc(-c2nc(C3CCOCC3)no2)c2c1CN(C(=O)c1ccccn1)C2. The number of amides is 1. The Kier molecular flexibility index (Phi) is 4.16. The Bertz CT molecular complexity index is 1010. The van der Waals surface area contributed by atoms with Crippen molar-refractivity contribution in [3.63, 3.8) is 0 Å². The summed E-state index contributed by atoms with van der Waals surface area (Å²) in [7, 11) is 1.87. The summed E-state index contributed by atoms with van der Waals surface area (Å²) >= 11 is 0. The fraction of sp³-hybridized carbons (Fsp3) is 0.421. The zero-order valence-electron chi connectivity index (χ0n) is 15.5. The number of pyridine rings is 1. The predicted octanol–water partition coefficient (Wildman–Crippen LogP) is 1.92. The third-order valence-electron chi connectivity index (χ3n) is 5.37. The molecule has 0 unspecified atom stereocenters. The van der Waals surface area contributed by atoms with Crippen LogP contribution in [-0.4, -0.2) is 48.9 Å². The first kappa shape index (κ1) is 17.1. The van der Waals surface area contributed by atoms with Gasteiger partial charge in [0.1, 0.15) is 5.69 Å². The van der Waals surface area contributed by atoms with Gasteiger partial charge in [0.05, 0.1) is 18.8 Å². The molecule has 0 aromatic carbocycles. The molecule has 0 bridgehead atoms. The first-order valence-electron chi connectivity index (χ1n) is 9.37. The van der Waals surface area contributed by atoms with Crippen molar-refractivity contribution < 1.29 is 14.1 Å². The van der Waals surface area contributed by atoms with Crippen molar-refractivity contribution in [3.8, 4) is 11.6 Å². The number of aryl methyl sites for hydroxylation is 1. The summed E-state index contributed by atoms with van der Waals surface area (Å²) in [5, 5.41) is 8.74. The van der Waals surface area contributed by atoms with Gasteiger partial charge in [-0.05, 0) is 25.0 Å². The van der Waals surface area contributed by atoms with Crippen LogP contribution in [-0.2, 0) is 24.9 Å². The highest BCUT2D eigenvalue weighted by Gasteiger charge is 2.33. The summed E-state index contributed by atoms with van der Waals surface area (Å²) in [5.41, 5.74) is 3.02. The molecule has 0 atom stereocenters. The lowest BCUT2D eigenvalue weighted by Crippen LogP contribution is -2.27. The summed E-state index contributed by atoms with van der Waals surface area (Å²) < 4.78 is 12.7. The van der Waals surface area contributed by atoms with Crippen molar-refractivity contribution >= 4 is 5.91 Å². The lowest BCUT2D eigenvalue weighted by atomic mass is 10.00. The van der Waals surface area contributed by atoms with E-state index in [9.17, 15) is 4.79 Å². The molecule has 0 aliphatic carbocycles. The number of hydrogen-bond donors (Lipinski definition) is 0. The van der Waals surface area contributed by atoms with E-state index in [2.05, 4.69) is 20.2 Å². The second-order valence-electron chi connectivity index (χ2n) is 7.12. The first-order chi connectivity index (χ1) is 13.7. The molecule has 1 saturated heterocycles. The highest BCUT2D eigenvalue weighted by atomic mass is 16.5. The molecule has 2 aliphatic heterocycles.